The molecule has 0 aromatic heterocycles. The molecule has 4 nitrogen and oxygen atoms in total. The first kappa shape index (κ1) is 6.97. The Morgan fingerprint density at radius 2 is 2.33 bits per heavy atom. The van der Waals surface area contributed by atoms with E-state index >= 15 is 0 Å². The van der Waals surface area contributed by atoms with Gasteiger partial charge in [0.2, 0.25) is 0 Å². The minimum Gasteiger partial charge on any atom is -0.508 e. The number of benzene rings is 1. The van der Waals surface area contributed by atoms with Gasteiger partial charge >= 0.3 is 0 Å². The molecule has 0 saturated carbocycles. The normalized spacial score (nSPS) is 14.5. The lowest BCUT2D eigenvalue weighted by molar-refractivity contribution is -0.118. The molecule has 0 radical (unpaired) electrons. The van der Waals surface area contributed by atoms with E-state index in [4.69, 9.17) is 9.84 Å². The van der Waals surface area contributed by atoms with E-state index in [0.717, 1.165) is 0 Å². The Labute approximate surface area is 68.8 Å². The highest BCUT2D eigenvalue weighted by molar-refractivity contribution is 5.95. The molecule has 1 heterocycles. The third-order valence-electron chi connectivity index (χ3n) is 1.60. The van der Waals surface area contributed by atoms with Gasteiger partial charge in [-0.25, -0.2) is 0 Å². The first-order chi connectivity index (χ1) is 5.75. The molecule has 12 heavy (non-hydrogen) atoms. The van der Waals surface area contributed by atoms with Crippen molar-refractivity contribution in [1.29, 1.82) is 0 Å². The molecule has 0 aliphatic carbocycles. The van der Waals surface area contributed by atoms with Crippen LogP contribution in [0.5, 0.6) is 11.5 Å². The van der Waals surface area contributed by atoms with Crippen molar-refractivity contribution in [3.05, 3.63) is 18.2 Å². The standard InChI is InChI=1S/C8H7NO3/c10-5-1-2-6-7(3-5)12-4-8(11)9-6/h1-3,10H,4H2,(H,9,11). The fourth-order valence-corrected chi connectivity index (χ4v) is 1.06. The Hall–Kier alpha value is -1.71. The fraction of sp³-hybridized carbons (Fsp3) is 0.125. The largest absolute Gasteiger partial charge is 0.508 e. The predicted molar refractivity (Wildman–Crippen MR) is 42.2 cm³/mol. The number of phenolic OH excluding ortho intramolecular Hbond substituents is 1. The Morgan fingerprint density at radius 1 is 1.50 bits per heavy atom. The van der Waals surface area contributed by atoms with Crippen LogP contribution in [0.2, 0.25) is 0 Å². The lowest BCUT2D eigenvalue weighted by Gasteiger charge is -2.17. The van der Waals surface area contributed by atoms with Crippen LogP contribution in [0.25, 0.3) is 0 Å². The Kier molecular flexibility index (Phi) is 1.40. The summed E-state index contributed by atoms with van der Waals surface area (Å²) in [6.07, 6.45) is 0. The molecule has 0 bridgehead atoms. The Bertz CT molecular complexity index is 335. The number of phenols is 1. The van der Waals surface area contributed by atoms with Crippen LogP contribution in [0.1, 0.15) is 0 Å². The molecule has 4 heteroatoms. The lowest BCUT2D eigenvalue weighted by Crippen LogP contribution is -2.25. The van der Waals surface area contributed by atoms with E-state index in [2.05, 4.69) is 5.32 Å². The average molecular weight is 165 g/mol. The minimum absolute atomic E-state index is 0.0104. The predicted octanol–water partition coefficient (Wildman–Crippen LogP) is 0.723. The molecule has 0 fully saturated rings. The minimum atomic E-state index is -0.173. The maximum absolute atomic E-state index is 10.8. The van der Waals surface area contributed by atoms with Crippen molar-refractivity contribution in [2.24, 2.45) is 0 Å². The molecule has 1 aromatic rings. The Balaban J connectivity index is 2.43. The number of carbonyl (C=O) groups excluding carboxylic acids is 1. The van der Waals surface area contributed by atoms with Crippen molar-refractivity contribution in [1.82, 2.24) is 0 Å². The van der Waals surface area contributed by atoms with Gasteiger partial charge in [-0.2, -0.15) is 0 Å². The molecule has 1 amide bonds. The van der Waals surface area contributed by atoms with E-state index in [0.29, 0.717) is 11.4 Å². The second-order valence-corrected chi connectivity index (χ2v) is 2.52. The summed E-state index contributed by atoms with van der Waals surface area (Å²) >= 11 is 0. The van der Waals surface area contributed by atoms with E-state index in [-0.39, 0.29) is 18.3 Å². The van der Waals surface area contributed by atoms with Crippen molar-refractivity contribution in [3.8, 4) is 11.5 Å². The van der Waals surface area contributed by atoms with Gasteiger partial charge in [-0.05, 0) is 12.1 Å². The number of hydrogen-bond acceptors (Lipinski definition) is 3. The zero-order chi connectivity index (χ0) is 8.55. The molecule has 1 aliphatic rings. The maximum Gasteiger partial charge on any atom is 0.262 e. The highest BCUT2D eigenvalue weighted by Gasteiger charge is 2.15. The first-order valence-corrected chi connectivity index (χ1v) is 3.51. The van der Waals surface area contributed by atoms with Gasteiger partial charge in [0, 0.05) is 6.07 Å². The van der Waals surface area contributed by atoms with Crippen LogP contribution < -0.4 is 10.1 Å². The summed E-state index contributed by atoms with van der Waals surface area (Å²) in [4.78, 5) is 10.8. The topological polar surface area (TPSA) is 58.6 Å². The zero-order valence-electron chi connectivity index (χ0n) is 6.20. The number of aromatic hydroxyl groups is 1. The number of hydrogen-bond donors (Lipinski definition) is 2. The van der Waals surface area contributed by atoms with Crippen molar-refractivity contribution in [2.45, 2.75) is 0 Å². The molecule has 2 rings (SSSR count). The van der Waals surface area contributed by atoms with Crippen LogP contribution >= 0.6 is 0 Å². The summed E-state index contributed by atoms with van der Waals surface area (Å²) in [6.45, 7) is 0.0104. The van der Waals surface area contributed by atoms with Gasteiger partial charge in [-0.1, -0.05) is 0 Å². The number of ether oxygens (including phenoxy) is 1. The van der Waals surface area contributed by atoms with Gasteiger partial charge in [0.25, 0.3) is 5.91 Å². The second-order valence-electron chi connectivity index (χ2n) is 2.52. The van der Waals surface area contributed by atoms with Crippen LogP contribution in [0.4, 0.5) is 5.69 Å². The highest BCUT2D eigenvalue weighted by Crippen LogP contribution is 2.30. The van der Waals surface area contributed by atoms with Gasteiger partial charge in [-0.15, -0.1) is 0 Å². The number of nitrogens with one attached hydrogen (secondary N) is 1. The molecular formula is C8H7NO3. The summed E-state index contributed by atoms with van der Waals surface area (Å²) in [6, 6.07) is 4.56. The Morgan fingerprint density at radius 3 is 3.17 bits per heavy atom. The van der Waals surface area contributed by atoms with Gasteiger partial charge in [0.15, 0.2) is 6.61 Å². The maximum atomic E-state index is 10.8. The van der Waals surface area contributed by atoms with E-state index in [1.165, 1.54) is 12.1 Å². The molecule has 0 unspecified atom stereocenters. The van der Waals surface area contributed by atoms with Crippen LogP contribution in [-0.2, 0) is 4.79 Å². The number of fused-ring (bicyclic) bond motifs is 1. The monoisotopic (exact) mass is 165 g/mol. The molecule has 2 N–H and O–H groups in total. The second kappa shape index (κ2) is 2.41. The molecular weight excluding hydrogens is 158 g/mol. The number of carbonyl (C=O) groups is 1. The van der Waals surface area contributed by atoms with Gasteiger partial charge < -0.3 is 15.2 Å². The van der Waals surface area contributed by atoms with Gasteiger partial charge in [0.1, 0.15) is 11.5 Å². The summed E-state index contributed by atoms with van der Waals surface area (Å²) in [5, 5.41) is 11.7. The molecule has 0 spiro atoms. The molecule has 0 atom stereocenters. The van der Waals surface area contributed by atoms with Crippen molar-refractivity contribution < 1.29 is 14.6 Å². The number of amides is 1. The third kappa shape index (κ3) is 1.07. The molecule has 1 aromatic carbocycles. The van der Waals surface area contributed by atoms with Crippen LogP contribution in [0, 0.1) is 0 Å². The van der Waals surface area contributed by atoms with E-state index < -0.39 is 0 Å². The van der Waals surface area contributed by atoms with E-state index in [1.807, 2.05) is 0 Å². The summed E-state index contributed by atoms with van der Waals surface area (Å²) in [5.41, 5.74) is 0.601. The smallest absolute Gasteiger partial charge is 0.262 e. The summed E-state index contributed by atoms with van der Waals surface area (Å²) in [5.74, 6) is 0.465. The quantitative estimate of drug-likeness (QED) is 0.557. The average Bonchev–Trinajstić information content (AvgIpc) is 2.05. The van der Waals surface area contributed by atoms with Crippen LogP contribution in [0.15, 0.2) is 18.2 Å². The van der Waals surface area contributed by atoms with Gasteiger partial charge in [-0.3, -0.25) is 4.79 Å². The van der Waals surface area contributed by atoms with E-state index in [9.17, 15) is 4.79 Å². The van der Waals surface area contributed by atoms with Crippen molar-refractivity contribution in [2.75, 3.05) is 11.9 Å². The summed E-state index contributed by atoms with van der Waals surface area (Å²) < 4.78 is 5.04. The zero-order valence-corrected chi connectivity index (χ0v) is 6.20. The molecule has 62 valence electrons. The lowest BCUT2D eigenvalue weighted by atomic mass is 10.2. The molecule has 1 aliphatic heterocycles. The first-order valence-electron chi connectivity index (χ1n) is 3.51. The highest BCUT2D eigenvalue weighted by atomic mass is 16.5. The van der Waals surface area contributed by atoms with Crippen LogP contribution in [-0.4, -0.2) is 17.6 Å². The van der Waals surface area contributed by atoms with Crippen LogP contribution in [0.3, 0.4) is 0 Å². The van der Waals surface area contributed by atoms with Crippen molar-refractivity contribution in [3.63, 3.8) is 0 Å². The van der Waals surface area contributed by atoms with E-state index in [1.54, 1.807) is 6.07 Å². The number of rotatable bonds is 0. The fourth-order valence-electron chi connectivity index (χ4n) is 1.06. The van der Waals surface area contributed by atoms with Gasteiger partial charge in [0.05, 0.1) is 5.69 Å². The SMILES string of the molecule is O=C1COc2cc(O)ccc2N1. The third-order valence-corrected chi connectivity index (χ3v) is 1.60. The van der Waals surface area contributed by atoms with Crippen molar-refractivity contribution >= 4 is 11.6 Å². The summed E-state index contributed by atoms with van der Waals surface area (Å²) in [7, 11) is 0. The molecule has 0 saturated heterocycles. The number of anilines is 1.